The quantitative estimate of drug-likeness (QED) is 0.612. The van der Waals surface area contributed by atoms with Crippen molar-refractivity contribution < 1.29 is 14.3 Å². The van der Waals surface area contributed by atoms with E-state index in [0.29, 0.717) is 22.1 Å². The summed E-state index contributed by atoms with van der Waals surface area (Å²) < 4.78 is 10.1. The first kappa shape index (κ1) is 15.1. The third kappa shape index (κ3) is 3.86. The molecule has 0 radical (unpaired) electrons. The summed E-state index contributed by atoms with van der Waals surface area (Å²) in [5.74, 6) is 1.30. The van der Waals surface area contributed by atoms with E-state index in [4.69, 9.17) is 21.1 Å². The number of halogens is 1. The second-order valence-electron chi connectivity index (χ2n) is 4.31. The molecule has 0 atom stereocenters. The van der Waals surface area contributed by atoms with Crippen LogP contribution in [0.2, 0.25) is 5.02 Å². The molecule has 0 unspecified atom stereocenters. The maximum atomic E-state index is 12.1. The summed E-state index contributed by atoms with van der Waals surface area (Å²) in [4.78, 5) is 12.1. The molecule has 0 saturated carbocycles. The molecule has 0 amide bonds. The molecule has 0 N–H and O–H groups in total. The lowest BCUT2D eigenvalue weighted by Gasteiger charge is -2.03. The molecule has 0 heterocycles. The lowest BCUT2D eigenvalue weighted by atomic mass is 10.1. The molecule has 4 heteroatoms. The third-order valence-corrected chi connectivity index (χ3v) is 3.32. The van der Waals surface area contributed by atoms with Gasteiger partial charge in [-0.15, -0.1) is 0 Å². The zero-order valence-corrected chi connectivity index (χ0v) is 12.6. The minimum atomic E-state index is -0.0930. The SMILES string of the molecule is COc1ccc(C(=O)/C=C/c2ccc(OC)cc2Cl)cc1. The van der Waals surface area contributed by atoms with Gasteiger partial charge in [0.15, 0.2) is 5.78 Å². The van der Waals surface area contributed by atoms with Crippen molar-refractivity contribution in [3.05, 3.63) is 64.7 Å². The molecule has 2 rings (SSSR count). The fourth-order valence-corrected chi connectivity index (χ4v) is 2.02. The van der Waals surface area contributed by atoms with E-state index < -0.39 is 0 Å². The summed E-state index contributed by atoms with van der Waals surface area (Å²) in [6, 6.07) is 12.3. The molecule has 0 bridgehead atoms. The van der Waals surface area contributed by atoms with Gasteiger partial charge in [0.25, 0.3) is 0 Å². The van der Waals surface area contributed by atoms with E-state index in [1.807, 2.05) is 0 Å². The standard InChI is InChI=1S/C17H15ClO3/c1-20-14-7-4-13(5-8-14)17(19)10-6-12-3-9-15(21-2)11-16(12)18/h3-11H,1-2H3/b10-6+. The van der Waals surface area contributed by atoms with Crippen molar-refractivity contribution in [2.45, 2.75) is 0 Å². The third-order valence-electron chi connectivity index (χ3n) is 3.00. The van der Waals surface area contributed by atoms with Crippen LogP contribution in [0.4, 0.5) is 0 Å². The number of methoxy groups -OCH3 is 2. The Balaban J connectivity index is 2.14. The van der Waals surface area contributed by atoms with Crippen LogP contribution < -0.4 is 9.47 Å². The number of carbonyl (C=O) groups is 1. The van der Waals surface area contributed by atoms with Gasteiger partial charge in [0.1, 0.15) is 11.5 Å². The lowest BCUT2D eigenvalue weighted by Crippen LogP contribution is -1.94. The molecular weight excluding hydrogens is 288 g/mol. The van der Waals surface area contributed by atoms with E-state index in [1.54, 1.807) is 62.8 Å². The van der Waals surface area contributed by atoms with Crippen LogP contribution in [0.5, 0.6) is 11.5 Å². The number of rotatable bonds is 5. The average Bonchev–Trinajstić information content (AvgIpc) is 2.53. The fraction of sp³-hybridized carbons (Fsp3) is 0.118. The van der Waals surface area contributed by atoms with Gasteiger partial charge in [-0.05, 0) is 60.2 Å². The highest BCUT2D eigenvalue weighted by molar-refractivity contribution is 6.32. The summed E-state index contributed by atoms with van der Waals surface area (Å²) in [6.45, 7) is 0. The Morgan fingerprint density at radius 3 is 2.19 bits per heavy atom. The molecule has 0 fully saturated rings. The Labute approximate surface area is 128 Å². The van der Waals surface area contributed by atoms with Crippen molar-refractivity contribution in [1.29, 1.82) is 0 Å². The zero-order valence-electron chi connectivity index (χ0n) is 11.8. The number of hydrogen-bond acceptors (Lipinski definition) is 3. The van der Waals surface area contributed by atoms with Gasteiger partial charge < -0.3 is 9.47 Å². The molecule has 0 aliphatic rings. The van der Waals surface area contributed by atoms with Gasteiger partial charge in [0.05, 0.1) is 19.2 Å². The van der Waals surface area contributed by atoms with Crippen LogP contribution in [-0.4, -0.2) is 20.0 Å². The first-order chi connectivity index (χ1) is 10.1. The van der Waals surface area contributed by atoms with Crippen molar-refractivity contribution in [3.8, 4) is 11.5 Å². The Bertz CT molecular complexity index is 660. The summed E-state index contributed by atoms with van der Waals surface area (Å²) in [5.41, 5.74) is 1.36. The van der Waals surface area contributed by atoms with Crippen molar-refractivity contribution in [2.75, 3.05) is 14.2 Å². The number of ether oxygens (including phenoxy) is 2. The topological polar surface area (TPSA) is 35.5 Å². The van der Waals surface area contributed by atoms with Crippen molar-refractivity contribution >= 4 is 23.5 Å². The van der Waals surface area contributed by atoms with E-state index in [9.17, 15) is 4.79 Å². The minimum Gasteiger partial charge on any atom is -0.497 e. The lowest BCUT2D eigenvalue weighted by molar-refractivity contribution is 0.104. The fourth-order valence-electron chi connectivity index (χ4n) is 1.79. The molecule has 0 spiro atoms. The molecule has 2 aromatic rings. The first-order valence-electron chi connectivity index (χ1n) is 6.34. The van der Waals surface area contributed by atoms with Gasteiger partial charge in [-0.3, -0.25) is 4.79 Å². The highest BCUT2D eigenvalue weighted by atomic mass is 35.5. The average molecular weight is 303 g/mol. The molecule has 3 nitrogen and oxygen atoms in total. The van der Waals surface area contributed by atoms with Crippen molar-refractivity contribution in [3.63, 3.8) is 0 Å². The van der Waals surface area contributed by atoms with Gasteiger partial charge in [-0.25, -0.2) is 0 Å². The van der Waals surface area contributed by atoms with Gasteiger partial charge in [-0.1, -0.05) is 11.6 Å². The summed E-state index contributed by atoms with van der Waals surface area (Å²) in [6.07, 6.45) is 3.18. The monoisotopic (exact) mass is 302 g/mol. The van der Waals surface area contributed by atoms with Crippen LogP contribution in [-0.2, 0) is 0 Å². The molecular formula is C17H15ClO3. The molecule has 0 aliphatic carbocycles. The van der Waals surface area contributed by atoms with Crippen LogP contribution in [0.25, 0.3) is 6.08 Å². The van der Waals surface area contributed by atoms with E-state index in [0.717, 1.165) is 5.56 Å². The van der Waals surface area contributed by atoms with Crippen LogP contribution in [0, 0.1) is 0 Å². The van der Waals surface area contributed by atoms with E-state index in [2.05, 4.69) is 0 Å². The number of hydrogen-bond donors (Lipinski definition) is 0. The highest BCUT2D eigenvalue weighted by Crippen LogP contribution is 2.23. The Morgan fingerprint density at radius 2 is 1.62 bits per heavy atom. The predicted octanol–water partition coefficient (Wildman–Crippen LogP) is 4.25. The maximum absolute atomic E-state index is 12.1. The molecule has 0 aliphatic heterocycles. The molecule has 21 heavy (non-hydrogen) atoms. The van der Waals surface area contributed by atoms with Gasteiger partial charge >= 0.3 is 0 Å². The molecule has 108 valence electrons. The van der Waals surface area contributed by atoms with E-state index >= 15 is 0 Å². The van der Waals surface area contributed by atoms with E-state index in [1.165, 1.54) is 6.08 Å². The van der Waals surface area contributed by atoms with Crippen LogP contribution in [0.15, 0.2) is 48.5 Å². The van der Waals surface area contributed by atoms with Gasteiger partial charge in [-0.2, -0.15) is 0 Å². The number of allylic oxidation sites excluding steroid dienone is 1. The second-order valence-corrected chi connectivity index (χ2v) is 4.72. The molecule has 0 aromatic heterocycles. The number of carbonyl (C=O) groups excluding carboxylic acids is 1. The summed E-state index contributed by atoms with van der Waals surface area (Å²) >= 11 is 6.12. The van der Waals surface area contributed by atoms with Crippen molar-refractivity contribution in [1.82, 2.24) is 0 Å². The smallest absolute Gasteiger partial charge is 0.185 e. The normalized spacial score (nSPS) is 10.6. The van der Waals surface area contributed by atoms with Crippen LogP contribution in [0.1, 0.15) is 15.9 Å². The summed E-state index contributed by atoms with van der Waals surface area (Å²) in [7, 11) is 3.16. The van der Waals surface area contributed by atoms with E-state index in [-0.39, 0.29) is 5.78 Å². The number of ketones is 1. The van der Waals surface area contributed by atoms with Crippen molar-refractivity contribution in [2.24, 2.45) is 0 Å². The largest absolute Gasteiger partial charge is 0.497 e. The van der Waals surface area contributed by atoms with Gasteiger partial charge in [0, 0.05) is 5.56 Å². The highest BCUT2D eigenvalue weighted by Gasteiger charge is 2.03. The second kappa shape index (κ2) is 6.95. The van der Waals surface area contributed by atoms with Crippen LogP contribution >= 0.6 is 11.6 Å². The Morgan fingerprint density at radius 1 is 1.00 bits per heavy atom. The maximum Gasteiger partial charge on any atom is 0.185 e. The predicted molar refractivity (Wildman–Crippen MR) is 84.4 cm³/mol. The minimum absolute atomic E-state index is 0.0930. The summed E-state index contributed by atoms with van der Waals surface area (Å²) in [5, 5.41) is 0.535. The Kier molecular flexibility index (Phi) is 5.01. The first-order valence-corrected chi connectivity index (χ1v) is 6.72. The Hall–Kier alpha value is -2.26. The molecule has 2 aromatic carbocycles. The van der Waals surface area contributed by atoms with Gasteiger partial charge in [0.2, 0.25) is 0 Å². The molecule has 0 saturated heterocycles. The van der Waals surface area contributed by atoms with Crippen LogP contribution in [0.3, 0.4) is 0 Å². The number of benzene rings is 2. The zero-order chi connectivity index (χ0) is 15.2.